The Labute approximate surface area is 202 Å². The lowest BCUT2D eigenvalue weighted by Gasteiger charge is -2.31. The smallest absolute Gasteiger partial charge is 0.341 e. The molecule has 1 saturated heterocycles. The van der Waals surface area contributed by atoms with E-state index in [-0.39, 0.29) is 29.5 Å². The molecule has 186 valence electrons. The summed E-state index contributed by atoms with van der Waals surface area (Å²) in [7, 11) is -4.02. The molecule has 1 aliphatic rings. The lowest BCUT2D eigenvalue weighted by Crippen LogP contribution is -2.44. The number of rotatable bonds is 7. The van der Waals surface area contributed by atoms with Crippen molar-refractivity contribution in [2.24, 2.45) is 5.92 Å². The van der Waals surface area contributed by atoms with E-state index in [4.69, 9.17) is 4.74 Å². The molecular weight excluding hydrogens is 454 g/mol. The summed E-state index contributed by atoms with van der Waals surface area (Å²) in [6, 6.07) is 5.84. The van der Waals surface area contributed by atoms with Gasteiger partial charge in [-0.05, 0) is 71.6 Å². The fraction of sp³-hybridized carbons (Fsp3) is 0.520. The lowest BCUT2D eigenvalue weighted by atomic mass is 9.98. The number of benzene rings is 1. The average Bonchev–Trinajstić information content (AvgIpc) is 3.06. The van der Waals surface area contributed by atoms with Gasteiger partial charge >= 0.3 is 5.97 Å². The summed E-state index contributed by atoms with van der Waals surface area (Å²) in [5.41, 5.74) is 3.88. The first-order valence-electron chi connectivity index (χ1n) is 11.8. The Bertz CT molecular complexity index is 1200. The molecule has 0 bridgehead atoms. The quantitative estimate of drug-likeness (QED) is 0.594. The molecule has 1 aromatic heterocycles. The number of amides is 1. The van der Waals surface area contributed by atoms with Crippen molar-refractivity contribution in [1.82, 2.24) is 8.87 Å². The molecule has 0 aliphatic carbocycles. The van der Waals surface area contributed by atoms with E-state index in [1.165, 1.54) is 4.31 Å². The minimum Gasteiger partial charge on any atom is -0.462 e. The topological polar surface area (TPSA) is 97.7 Å². The molecule has 0 radical (unpaired) electrons. The van der Waals surface area contributed by atoms with Crippen LogP contribution in [0.5, 0.6) is 0 Å². The molecule has 0 spiro atoms. The lowest BCUT2D eigenvalue weighted by molar-refractivity contribution is -0.120. The van der Waals surface area contributed by atoms with Gasteiger partial charge in [0.05, 0.1) is 12.5 Å². The summed E-state index contributed by atoms with van der Waals surface area (Å²) in [5.74, 6) is -1.32. The standard InChI is InChI=1S/C25H35N3O5S/c1-7-28-18(5)22(25(30)33-8-2)23(19(28)6)34(31,32)27-13-9-10-20(15-27)24(29)26-21-14-16(3)11-12-17(21)4/h11-12,14,20H,7-10,13,15H2,1-6H3,(H,26,29)/t20-/m0/s1. The summed E-state index contributed by atoms with van der Waals surface area (Å²) in [6.07, 6.45) is 1.16. The maximum absolute atomic E-state index is 13.8. The molecular formula is C25H35N3O5S. The zero-order chi connectivity index (χ0) is 25.2. The first kappa shape index (κ1) is 26.0. The highest BCUT2D eigenvalue weighted by atomic mass is 32.2. The molecule has 1 aliphatic heterocycles. The summed E-state index contributed by atoms with van der Waals surface area (Å²) in [5, 5.41) is 2.97. The SMILES string of the molecule is CCOC(=O)c1c(S(=O)(=O)N2CCC[C@H](C(=O)Nc3cc(C)ccc3C)C2)c(C)n(CC)c1C. The molecule has 2 aromatic rings. The van der Waals surface area contributed by atoms with Gasteiger partial charge in [0.1, 0.15) is 10.5 Å². The van der Waals surface area contributed by atoms with Gasteiger partial charge in [0.15, 0.2) is 0 Å². The van der Waals surface area contributed by atoms with Gasteiger partial charge in [0.2, 0.25) is 15.9 Å². The molecule has 8 nitrogen and oxygen atoms in total. The van der Waals surface area contributed by atoms with E-state index < -0.39 is 21.9 Å². The molecule has 1 aromatic carbocycles. The predicted octanol–water partition coefficient (Wildman–Crippen LogP) is 3.96. The van der Waals surface area contributed by atoms with Crippen molar-refractivity contribution in [2.45, 2.75) is 65.8 Å². The highest BCUT2D eigenvalue weighted by Gasteiger charge is 2.39. The van der Waals surface area contributed by atoms with Crippen LogP contribution in [0.3, 0.4) is 0 Å². The van der Waals surface area contributed by atoms with Crippen molar-refractivity contribution in [2.75, 3.05) is 25.0 Å². The predicted molar refractivity (Wildman–Crippen MR) is 132 cm³/mol. The fourth-order valence-electron chi connectivity index (χ4n) is 4.70. The number of esters is 1. The molecule has 34 heavy (non-hydrogen) atoms. The molecule has 1 N–H and O–H groups in total. The van der Waals surface area contributed by atoms with Crippen LogP contribution >= 0.6 is 0 Å². The molecule has 1 fully saturated rings. The Balaban J connectivity index is 1.92. The van der Waals surface area contributed by atoms with Crippen molar-refractivity contribution >= 4 is 27.6 Å². The zero-order valence-electron chi connectivity index (χ0n) is 20.9. The number of anilines is 1. The van der Waals surface area contributed by atoms with E-state index >= 15 is 0 Å². The number of aromatic nitrogens is 1. The van der Waals surface area contributed by atoms with Crippen molar-refractivity contribution in [1.29, 1.82) is 0 Å². The van der Waals surface area contributed by atoms with Crippen LogP contribution in [-0.2, 0) is 26.1 Å². The van der Waals surface area contributed by atoms with Gasteiger partial charge in [0, 0.05) is 36.7 Å². The number of aryl methyl sites for hydroxylation is 2. The fourth-order valence-corrected chi connectivity index (χ4v) is 6.67. The van der Waals surface area contributed by atoms with Crippen LogP contribution in [-0.4, -0.2) is 48.9 Å². The van der Waals surface area contributed by atoms with Gasteiger partial charge in [-0.15, -0.1) is 0 Å². The van der Waals surface area contributed by atoms with Gasteiger partial charge in [0.25, 0.3) is 0 Å². The second kappa shape index (κ2) is 10.3. The number of carbonyl (C=O) groups excluding carboxylic acids is 2. The van der Waals surface area contributed by atoms with Gasteiger partial charge in [-0.3, -0.25) is 4.79 Å². The van der Waals surface area contributed by atoms with Crippen LogP contribution < -0.4 is 5.32 Å². The van der Waals surface area contributed by atoms with Gasteiger partial charge in [-0.1, -0.05) is 12.1 Å². The number of nitrogens with one attached hydrogen (secondary N) is 1. The number of hydrogen-bond acceptors (Lipinski definition) is 5. The second-order valence-electron chi connectivity index (χ2n) is 8.85. The highest BCUT2D eigenvalue weighted by molar-refractivity contribution is 7.89. The normalized spacial score (nSPS) is 16.9. The third kappa shape index (κ3) is 4.90. The average molecular weight is 490 g/mol. The Kier molecular flexibility index (Phi) is 7.88. The van der Waals surface area contributed by atoms with Crippen LogP contribution in [0, 0.1) is 33.6 Å². The maximum atomic E-state index is 13.8. The van der Waals surface area contributed by atoms with Crippen LogP contribution in [0.2, 0.25) is 0 Å². The first-order valence-corrected chi connectivity index (χ1v) is 13.2. The highest BCUT2D eigenvalue weighted by Crippen LogP contribution is 2.33. The molecule has 0 saturated carbocycles. The zero-order valence-corrected chi connectivity index (χ0v) is 21.7. The number of ether oxygens (including phenoxy) is 1. The summed E-state index contributed by atoms with van der Waals surface area (Å²) in [4.78, 5) is 25.8. The number of carbonyl (C=O) groups is 2. The number of sulfonamides is 1. The molecule has 9 heteroatoms. The summed E-state index contributed by atoms with van der Waals surface area (Å²) < 4.78 is 36.0. The Morgan fingerprint density at radius 3 is 2.47 bits per heavy atom. The van der Waals surface area contributed by atoms with Crippen molar-refractivity contribution < 1.29 is 22.7 Å². The van der Waals surface area contributed by atoms with Crippen LogP contribution in [0.15, 0.2) is 23.1 Å². The van der Waals surface area contributed by atoms with Crippen LogP contribution in [0.1, 0.15) is 59.6 Å². The number of hydrogen-bond donors (Lipinski definition) is 1. The van der Waals surface area contributed by atoms with Crippen LogP contribution in [0.25, 0.3) is 0 Å². The minimum absolute atomic E-state index is 0.0131. The molecule has 3 rings (SSSR count). The van der Waals surface area contributed by atoms with E-state index in [2.05, 4.69) is 5.32 Å². The molecule has 2 heterocycles. The van der Waals surface area contributed by atoms with Crippen LogP contribution in [0.4, 0.5) is 5.69 Å². The largest absolute Gasteiger partial charge is 0.462 e. The van der Waals surface area contributed by atoms with Gasteiger partial charge < -0.3 is 14.6 Å². The molecule has 1 atom stereocenters. The van der Waals surface area contributed by atoms with E-state index in [1.807, 2.05) is 43.5 Å². The third-order valence-electron chi connectivity index (χ3n) is 6.53. The van der Waals surface area contributed by atoms with Crippen molar-refractivity contribution in [3.05, 3.63) is 46.3 Å². The van der Waals surface area contributed by atoms with E-state index in [9.17, 15) is 18.0 Å². The van der Waals surface area contributed by atoms with Crippen molar-refractivity contribution in [3.8, 4) is 0 Å². The van der Waals surface area contributed by atoms with E-state index in [1.54, 1.807) is 20.8 Å². The monoisotopic (exact) mass is 489 g/mol. The van der Waals surface area contributed by atoms with E-state index in [0.29, 0.717) is 37.3 Å². The molecule has 1 amide bonds. The third-order valence-corrected chi connectivity index (χ3v) is 8.55. The Hall–Kier alpha value is -2.65. The maximum Gasteiger partial charge on any atom is 0.341 e. The van der Waals surface area contributed by atoms with E-state index in [0.717, 1.165) is 16.8 Å². The summed E-state index contributed by atoms with van der Waals surface area (Å²) in [6.45, 7) is 12.0. The Morgan fingerprint density at radius 1 is 1.12 bits per heavy atom. The van der Waals surface area contributed by atoms with Crippen molar-refractivity contribution in [3.63, 3.8) is 0 Å². The summed E-state index contributed by atoms with van der Waals surface area (Å²) >= 11 is 0. The minimum atomic E-state index is -4.02. The second-order valence-corrected chi connectivity index (χ2v) is 10.7. The first-order chi connectivity index (χ1) is 16.0. The number of nitrogens with zero attached hydrogens (tertiary/aromatic N) is 2. The van der Waals surface area contributed by atoms with Gasteiger partial charge in [-0.2, -0.15) is 4.31 Å². The Morgan fingerprint density at radius 2 is 1.82 bits per heavy atom. The molecule has 0 unspecified atom stereocenters. The number of piperidine rings is 1. The van der Waals surface area contributed by atoms with Gasteiger partial charge in [-0.25, -0.2) is 13.2 Å².